The van der Waals surface area contributed by atoms with Gasteiger partial charge in [0.25, 0.3) is 0 Å². The average Bonchev–Trinajstić information content (AvgIpc) is 2.97. The zero-order chi connectivity index (χ0) is 16.2. The number of benzene rings is 2. The number of H-pyrrole nitrogens is 1. The van der Waals surface area contributed by atoms with Crippen LogP contribution >= 0.6 is 0 Å². The van der Waals surface area contributed by atoms with Crippen molar-refractivity contribution >= 4 is 5.82 Å². The van der Waals surface area contributed by atoms with Crippen LogP contribution in [-0.2, 0) is 0 Å². The van der Waals surface area contributed by atoms with E-state index in [1.807, 2.05) is 42.5 Å². The highest BCUT2D eigenvalue weighted by Crippen LogP contribution is 2.36. The molecule has 0 aliphatic heterocycles. The van der Waals surface area contributed by atoms with E-state index in [1.165, 1.54) is 0 Å². The Labute approximate surface area is 133 Å². The van der Waals surface area contributed by atoms with Crippen LogP contribution in [0.25, 0.3) is 11.3 Å². The van der Waals surface area contributed by atoms with Gasteiger partial charge in [0.1, 0.15) is 17.4 Å². The molecule has 6 nitrogen and oxygen atoms in total. The minimum Gasteiger partial charge on any atom is -0.493 e. The smallest absolute Gasteiger partial charge is 0.169 e. The van der Waals surface area contributed by atoms with Gasteiger partial charge in [-0.15, -0.1) is 0 Å². The molecule has 3 rings (SSSR count). The maximum absolute atomic E-state index is 9.18. The summed E-state index contributed by atoms with van der Waals surface area (Å²) in [6, 6.07) is 16.8. The van der Waals surface area contributed by atoms with Crippen molar-refractivity contribution in [3.05, 3.63) is 54.1 Å². The Bertz CT molecular complexity index is 866. The van der Waals surface area contributed by atoms with Gasteiger partial charge in [0.2, 0.25) is 0 Å². The van der Waals surface area contributed by atoms with E-state index < -0.39 is 0 Å². The second-order valence-electron chi connectivity index (χ2n) is 4.75. The van der Waals surface area contributed by atoms with Crippen LogP contribution in [-0.4, -0.2) is 17.3 Å². The highest BCUT2D eigenvalue weighted by atomic mass is 16.5. The summed E-state index contributed by atoms with van der Waals surface area (Å²) in [6.45, 7) is 0. The predicted molar refractivity (Wildman–Crippen MR) is 86.2 cm³/mol. The van der Waals surface area contributed by atoms with Gasteiger partial charge in [-0.1, -0.05) is 18.2 Å². The lowest BCUT2D eigenvalue weighted by atomic mass is 10.1. The van der Waals surface area contributed by atoms with E-state index in [9.17, 15) is 5.26 Å². The lowest BCUT2D eigenvalue weighted by Crippen LogP contribution is -1.92. The number of nitrogen functional groups attached to an aromatic ring is 1. The number of methoxy groups -OCH3 is 1. The van der Waals surface area contributed by atoms with Crippen LogP contribution < -0.4 is 15.2 Å². The number of anilines is 1. The number of nitriles is 1. The molecule has 0 atom stereocenters. The molecule has 2 aromatic carbocycles. The number of ether oxygens (including phenoxy) is 2. The Morgan fingerprint density at radius 3 is 2.61 bits per heavy atom. The van der Waals surface area contributed by atoms with Gasteiger partial charge in [-0.05, 0) is 30.3 Å². The predicted octanol–water partition coefficient (Wildman–Crippen LogP) is 3.33. The molecule has 0 fully saturated rings. The van der Waals surface area contributed by atoms with Crippen molar-refractivity contribution in [2.45, 2.75) is 0 Å². The summed E-state index contributed by atoms with van der Waals surface area (Å²) in [6.07, 6.45) is 0. The molecule has 0 spiro atoms. The van der Waals surface area contributed by atoms with Crippen molar-refractivity contribution < 1.29 is 9.47 Å². The maximum Gasteiger partial charge on any atom is 0.169 e. The minimum absolute atomic E-state index is 0.172. The lowest BCUT2D eigenvalue weighted by molar-refractivity contribution is 0.379. The Morgan fingerprint density at radius 2 is 1.91 bits per heavy atom. The molecule has 3 aromatic rings. The number of rotatable bonds is 4. The summed E-state index contributed by atoms with van der Waals surface area (Å²) < 4.78 is 11.2. The highest BCUT2D eigenvalue weighted by molar-refractivity contribution is 5.74. The summed E-state index contributed by atoms with van der Waals surface area (Å²) in [5.41, 5.74) is 7.27. The van der Waals surface area contributed by atoms with Crippen molar-refractivity contribution in [1.29, 1.82) is 5.26 Å². The van der Waals surface area contributed by atoms with Crippen molar-refractivity contribution in [3.8, 4) is 34.6 Å². The van der Waals surface area contributed by atoms with Gasteiger partial charge >= 0.3 is 0 Å². The van der Waals surface area contributed by atoms with Gasteiger partial charge in [0.15, 0.2) is 17.3 Å². The van der Waals surface area contributed by atoms with Crippen LogP contribution in [0.2, 0.25) is 0 Å². The number of para-hydroxylation sites is 1. The molecule has 0 unspecified atom stereocenters. The topological polar surface area (TPSA) is 97.0 Å². The van der Waals surface area contributed by atoms with Crippen molar-refractivity contribution in [3.63, 3.8) is 0 Å². The van der Waals surface area contributed by atoms with Crippen LogP contribution in [0.15, 0.2) is 48.5 Å². The van der Waals surface area contributed by atoms with E-state index >= 15 is 0 Å². The number of hydrogen-bond acceptors (Lipinski definition) is 5. The maximum atomic E-state index is 9.18. The molecule has 1 aromatic heterocycles. The summed E-state index contributed by atoms with van der Waals surface area (Å²) in [5.74, 6) is 2.00. The van der Waals surface area contributed by atoms with E-state index in [-0.39, 0.29) is 5.82 Å². The standard InChI is InChI=1S/C17H14N4O2/c1-22-15-9-11(16-13(10-18)17(19)21-20-16)7-8-14(15)23-12-5-3-2-4-6-12/h2-9H,1H3,(H3,19,20,21). The molecule has 0 saturated carbocycles. The molecule has 114 valence electrons. The van der Waals surface area contributed by atoms with Crippen molar-refractivity contribution in [2.24, 2.45) is 0 Å². The Kier molecular flexibility index (Phi) is 3.85. The first-order valence-corrected chi connectivity index (χ1v) is 6.88. The van der Waals surface area contributed by atoms with E-state index in [0.717, 1.165) is 5.56 Å². The van der Waals surface area contributed by atoms with Crippen molar-refractivity contribution in [1.82, 2.24) is 10.2 Å². The monoisotopic (exact) mass is 306 g/mol. The minimum atomic E-state index is 0.172. The van der Waals surface area contributed by atoms with Crippen LogP contribution in [0, 0.1) is 11.3 Å². The number of nitrogens with two attached hydrogens (primary N) is 1. The van der Waals surface area contributed by atoms with E-state index in [0.29, 0.717) is 28.5 Å². The van der Waals surface area contributed by atoms with Gasteiger partial charge in [-0.25, -0.2) is 0 Å². The molecule has 0 saturated heterocycles. The second kappa shape index (κ2) is 6.12. The summed E-state index contributed by atoms with van der Waals surface area (Å²) in [4.78, 5) is 0. The fourth-order valence-corrected chi connectivity index (χ4v) is 2.20. The van der Waals surface area contributed by atoms with Gasteiger partial charge in [0, 0.05) is 5.56 Å². The van der Waals surface area contributed by atoms with Gasteiger partial charge < -0.3 is 15.2 Å². The fraction of sp³-hybridized carbons (Fsp3) is 0.0588. The first kappa shape index (κ1) is 14.5. The zero-order valence-electron chi connectivity index (χ0n) is 12.4. The highest BCUT2D eigenvalue weighted by Gasteiger charge is 2.15. The normalized spacial score (nSPS) is 10.1. The SMILES string of the molecule is COc1cc(-c2[nH]nc(N)c2C#N)ccc1Oc1ccccc1. The molecule has 0 aliphatic carbocycles. The van der Waals surface area contributed by atoms with E-state index in [2.05, 4.69) is 10.2 Å². The zero-order valence-corrected chi connectivity index (χ0v) is 12.4. The number of nitrogens with zero attached hydrogens (tertiary/aromatic N) is 2. The van der Waals surface area contributed by atoms with Gasteiger partial charge in [-0.2, -0.15) is 10.4 Å². The van der Waals surface area contributed by atoms with Gasteiger partial charge in [-0.3, -0.25) is 5.10 Å². The fourth-order valence-electron chi connectivity index (χ4n) is 2.20. The number of hydrogen-bond donors (Lipinski definition) is 2. The third kappa shape index (κ3) is 2.80. The molecule has 6 heteroatoms. The molecule has 1 heterocycles. The van der Waals surface area contributed by atoms with Crippen LogP contribution in [0.4, 0.5) is 5.82 Å². The van der Waals surface area contributed by atoms with Crippen LogP contribution in [0.5, 0.6) is 17.2 Å². The summed E-state index contributed by atoms with van der Waals surface area (Å²) in [5, 5.41) is 15.8. The second-order valence-corrected chi connectivity index (χ2v) is 4.75. The van der Waals surface area contributed by atoms with E-state index in [1.54, 1.807) is 19.2 Å². The summed E-state index contributed by atoms with van der Waals surface area (Å²) in [7, 11) is 1.56. The third-order valence-corrected chi connectivity index (χ3v) is 3.33. The quantitative estimate of drug-likeness (QED) is 0.770. The summed E-state index contributed by atoms with van der Waals surface area (Å²) >= 11 is 0. The van der Waals surface area contributed by atoms with Gasteiger partial charge in [0.05, 0.1) is 12.8 Å². The molecular formula is C17H14N4O2. The molecule has 23 heavy (non-hydrogen) atoms. The van der Waals surface area contributed by atoms with Crippen molar-refractivity contribution in [2.75, 3.05) is 12.8 Å². The largest absolute Gasteiger partial charge is 0.493 e. The third-order valence-electron chi connectivity index (χ3n) is 3.33. The average molecular weight is 306 g/mol. The molecule has 3 N–H and O–H groups in total. The first-order chi connectivity index (χ1) is 11.2. The first-order valence-electron chi connectivity index (χ1n) is 6.88. The number of aromatic amines is 1. The Balaban J connectivity index is 1.98. The molecule has 0 aliphatic rings. The molecular weight excluding hydrogens is 292 g/mol. The van der Waals surface area contributed by atoms with Crippen LogP contribution in [0.1, 0.15) is 5.56 Å². The molecule has 0 amide bonds. The molecule has 0 bridgehead atoms. The lowest BCUT2D eigenvalue weighted by Gasteiger charge is -2.11. The number of aromatic nitrogens is 2. The Morgan fingerprint density at radius 1 is 1.13 bits per heavy atom. The Hall–Kier alpha value is -3.46. The number of nitrogens with one attached hydrogen (secondary N) is 1. The molecule has 0 radical (unpaired) electrons. The van der Waals surface area contributed by atoms with E-state index in [4.69, 9.17) is 15.2 Å². The van der Waals surface area contributed by atoms with Crippen LogP contribution in [0.3, 0.4) is 0 Å².